The number of epoxide rings is 1. The largest absolute Gasteiger partial charge is 0.421 e. The predicted molar refractivity (Wildman–Crippen MR) is 66.1 cm³/mol. The minimum atomic E-state index is -1.07. The maximum atomic E-state index is 5.56. The van der Waals surface area contributed by atoms with Crippen molar-refractivity contribution in [2.24, 2.45) is 5.92 Å². The van der Waals surface area contributed by atoms with Crippen molar-refractivity contribution in [3.8, 4) is 0 Å². The van der Waals surface area contributed by atoms with Crippen LogP contribution in [-0.4, -0.2) is 41.2 Å². The number of ether oxygens (including phenoxy) is 2. The van der Waals surface area contributed by atoms with Crippen molar-refractivity contribution in [2.75, 3.05) is 19.9 Å². The van der Waals surface area contributed by atoms with E-state index in [-0.39, 0.29) is 0 Å². The fourth-order valence-corrected chi connectivity index (χ4v) is 4.57. The molecule has 16 heavy (non-hydrogen) atoms. The molecule has 1 aliphatic carbocycles. The van der Waals surface area contributed by atoms with E-state index < -0.39 is 9.04 Å². The Morgan fingerprint density at radius 1 is 1.31 bits per heavy atom. The summed E-state index contributed by atoms with van der Waals surface area (Å²) in [5.74, 6) is 0.885. The second-order valence-corrected chi connectivity index (χ2v) is 7.61. The Labute approximate surface area is 100 Å². The Kier molecular flexibility index (Phi) is 4.82. The zero-order valence-electron chi connectivity index (χ0n) is 10.5. The molecule has 4 unspecified atom stereocenters. The molecular weight excluding hydrogens is 220 g/mol. The minimum absolute atomic E-state index is 0.619. The van der Waals surface area contributed by atoms with Crippen LogP contribution in [0.2, 0.25) is 6.04 Å². The van der Waals surface area contributed by atoms with Crippen LogP contribution in [0.1, 0.15) is 32.6 Å². The zero-order valence-corrected chi connectivity index (χ0v) is 11.6. The van der Waals surface area contributed by atoms with Crippen LogP contribution in [0.4, 0.5) is 0 Å². The van der Waals surface area contributed by atoms with Crippen molar-refractivity contribution in [2.45, 2.75) is 50.9 Å². The molecule has 1 aliphatic heterocycles. The van der Waals surface area contributed by atoms with E-state index in [0.717, 1.165) is 18.8 Å². The molecule has 1 saturated heterocycles. The third kappa shape index (κ3) is 3.55. The first kappa shape index (κ1) is 12.6. The summed E-state index contributed by atoms with van der Waals surface area (Å²) < 4.78 is 16.6. The summed E-state index contributed by atoms with van der Waals surface area (Å²) in [6, 6.07) is 1.26. The second-order valence-electron chi connectivity index (χ2n) is 4.99. The lowest BCUT2D eigenvalue weighted by atomic mass is 9.88. The molecule has 0 spiro atoms. The van der Waals surface area contributed by atoms with Crippen LogP contribution in [0.3, 0.4) is 0 Å². The molecule has 0 bridgehead atoms. The first-order valence-corrected chi connectivity index (χ1v) is 8.70. The number of hydrogen-bond acceptors (Lipinski definition) is 3. The Bertz CT molecular complexity index is 212. The van der Waals surface area contributed by atoms with E-state index in [1.165, 1.54) is 31.7 Å². The summed E-state index contributed by atoms with van der Waals surface area (Å²) in [6.07, 6.45) is 7.40. The fourth-order valence-electron chi connectivity index (χ4n) is 2.69. The van der Waals surface area contributed by atoms with Crippen molar-refractivity contribution < 1.29 is 13.9 Å². The van der Waals surface area contributed by atoms with Gasteiger partial charge in [-0.25, -0.2) is 0 Å². The van der Waals surface area contributed by atoms with Crippen LogP contribution in [-0.2, 0) is 13.9 Å². The molecular formula is C12H24O3Si. The molecule has 3 nitrogen and oxygen atoms in total. The molecule has 0 aromatic carbocycles. The van der Waals surface area contributed by atoms with E-state index in [9.17, 15) is 0 Å². The van der Waals surface area contributed by atoms with Gasteiger partial charge in [0.15, 0.2) is 0 Å². The number of hydrogen-bond donors (Lipinski definition) is 0. The standard InChI is InChI=1S/C12H24O3Si/c1-3-14-9-16(13-2)7-6-10-4-5-11-12(8-10)15-11/h10-12,16H,3-9H2,1-2H3. The fraction of sp³-hybridized carbons (Fsp3) is 1.00. The van der Waals surface area contributed by atoms with E-state index in [1.807, 2.05) is 14.0 Å². The monoisotopic (exact) mass is 244 g/mol. The molecule has 1 heterocycles. The quantitative estimate of drug-likeness (QED) is 0.506. The average Bonchev–Trinajstić information content (AvgIpc) is 3.07. The Morgan fingerprint density at radius 2 is 2.19 bits per heavy atom. The van der Waals surface area contributed by atoms with Crippen molar-refractivity contribution in [1.29, 1.82) is 0 Å². The van der Waals surface area contributed by atoms with Crippen LogP contribution < -0.4 is 0 Å². The molecule has 0 radical (unpaired) electrons. The molecule has 4 atom stereocenters. The van der Waals surface area contributed by atoms with Gasteiger partial charge in [-0.15, -0.1) is 0 Å². The molecule has 2 fully saturated rings. The van der Waals surface area contributed by atoms with Gasteiger partial charge < -0.3 is 13.9 Å². The van der Waals surface area contributed by atoms with Crippen molar-refractivity contribution in [3.05, 3.63) is 0 Å². The molecule has 4 heteroatoms. The Morgan fingerprint density at radius 3 is 2.88 bits per heavy atom. The van der Waals surface area contributed by atoms with Crippen molar-refractivity contribution in [3.63, 3.8) is 0 Å². The van der Waals surface area contributed by atoms with E-state index in [4.69, 9.17) is 13.9 Å². The number of fused-ring (bicyclic) bond motifs is 1. The van der Waals surface area contributed by atoms with E-state index in [1.54, 1.807) is 0 Å². The first-order chi connectivity index (χ1) is 7.83. The van der Waals surface area contributed by atoms with E-state index >= 15 is 0 Å². The molecule has 0 N–H and O–H groups in total. The lowest BCUT2D eigenvalue weighted by molar-refractivity contribution is 0.176. The predicted octanol–water partition coefficient (Wildman–Crippen LogP) is 1.89. The molecule has 94 valence electrons. The maximum Gasteiger partial charge on any atom is 0.201 e. The first-order valence-electron chi connectivity index (χ1n) is 6.59. The van der Waals surface area contributed by atoms with Crippen molar-refractivity contribution in [1.82, 2.24) is 0 Å². The van der Waals surface area contributed by atoms with Gasteiger partial charge >= 0.3 is 0 Å². The van der Waals surface area contributed by atoms with Crippen LogP contribution in [0.5, 0.6) is 0 Å². The van der Waals surface area contributed by atoms with Gasteiger partial charge in [-0.2, -0.15) is 0 Å². The third-order valence-electron chi connectivity index (χ3n) is 3.85. The van der Waals surface area contributed by atoms with Gasteiger partial charge in [-0.05, 0) is 38.1 Å². The van der Waals surface area contributed by atoms with Gasteiger partial charge in [0.1, 0.15) is 0 Å². The van der Waals surface area contributed by atoms with Crippen LogP contribution in [0.25, 0.3) is 0 Å². The lowest BCUT2D eigenvalue weighted by Gasteiger charge is -2.21. The highest BCUT2D eigenvalue weighted by atomic mass is 28.3. The third-order valence-corrected chi connectivity index (χ3v) is 6.10. The molecule has 0 amide bonds. The van der Waals surface area contributed by atoms with Crippen LogP contribution in [0.15, 0.2) is 0 Å². The van der Waals surface area contributed by atoms with Crippen molar-refractivity contribution >= 4 is 9.04 Å². The van der Waals surface area contributed by atoms with Gasteiger partial charge in [-0.1, -0.05) is 6.42 Å². The summed E-state index contributed by atoms with van der Waals surface area (Å²) in [5.41, 5.74) is 0. The zero-order chi connectivity index (χ0) is 11.4. The van der Waals surface area contributed by atoms with Gasteiger partial charge in [0.05, 0.1) is 18.4 Å². The van der Waals surface area contributed by atoms with E-state index in [2.05, 4.69) is 0 Å². The van der Waals surface area contributed by atoms with Gasteiger partial charge in [0.25, 0.3) is 0 Å². The summed E-state index contributed by atoms with van der Waals surface area (Å²) in [6.45, 7) is 2.86. The Balaban J connectivity index is 1.60. The van der Waals surface area contributed by atoms with Crippen LogP contribution in [0, 0.1) is 5.92 Å². The maximum absolute atomic E-state index is 5.56. The molecule has 2 rings (SSSR count). The van der Waals surface area contributed by atoms with Gasteiger partial charge in [0.2, 0.25) is 9.04 Å². The highest BCUT2D eigenvalue weighted by Gasteiger charge is 2.43. The summed E-state index contributed by atoms with van der Waals surface area (Å²) in [4.78, 5) is 0. The van der Waals surface area contributed by atoms with Crippen LogP contribution >= 0.6 is 0 Å². The summed E-state index contributed by atoms with van der Waals surface area (Å²) in [5, 5.41) is 0. The van der Waals surface area contributed by atoms with Gasteiger partial charge in [0, 0.05) is 13.7 Å². The molecule has 1 saturated carbocycles. The topological polar surface area (TPSA) is 31.0 Å². The summed E-state index contributed by atoms with van der Waals surface area (Å²) in [7, 11) is 0.773. The Hall–Kier alpha value is 0.0969. The highest BCUT2D eigenvalue weighted by Crippen LogP contribution is 2.41. The smallest absolute Gasteiger partial charge is 0.201 e. The molecule has 2 aliphatic rings. The minimum Gasteiger partial charge on any atom is -0.421 e. The second kappa shape index (κ2) is 6.14. The normalized spacial score (nSPS) is 34.5. The lowest BCUT2D eigenvalue weighted by Crippen LogP contribution is -2.25. The molecule has 0 aromatic heterocycles. The summed E-state index contributed by atoms with van der Waals surface area (Å²) >= 11 is 0. The molecule has 0 aromatic rings. The highest BCUT2D eigenvalue weighted by molar-refractivity contribution is 6.51. The van der Waals surface area contributed by atoms with E-state index in [0.29, 0.717) is 12.2 Å². The van der Waals surface area contributed by atoms with Gasteiger partial charge in [-0.3, -0.25) is 0 Å². The number of rotatable bonds is 7. The average molecular weight is 244 g/mol. The SMILES string of the molecule is CCOC[SiH](CCC1CCC2OC2C1)OC.